The zero-order chi connectivity index (χ0) is 21.5. The van der Waals surface area contributed by atoms with Gasteiger partial charge in [0, 0.05) is 17.6 Å². The molecule has 4 rings (SSSR count). The van der Waals surface area contributed by atoms with Crippen molar-refractivity contribution in [2.75, 3.05) is 13.2 Å². The molecule has 6 nitrogen and oxygen atoms in total. The molecule has 3 aromatic heterocycles. The molecular weight excluding hydrogens is 430 g/mol. The van der Waals surface area contributed by atoms with Gasteiger partial charge < -0.3 is 10.1 Å². The van der Waals surface area contributed by atoms with Gasteiger partial charge in [0.1, 0.15) is 11.3 Å². The molecule has 158 valence electrons. The maximum Gasteiger partial charge on any atom is 0.342 e. The van der Waals surface area contributed by atoms with E-state index in [0.717, 1.165) is 16.9 Å². The van der Waals surface area contributed by atoms with Crippen LogP contribution >= 0.6 is 22.7 Å². The molecule has 0 saturated heterocycles. The van der Waals surface area contributed by atoms with Crippen LogP contribution in [0.1, 0.15) is 20.8 Å². The van der Waals surface area contributed by atoms with Crippen molar-refractivity contribution in [1.82, 2.24) is 15.1 Å². The van der Waals surface area contributed by atoms with Gasteiger partial charge in [0.2, 0.25) is 0 Å². The lowest BCUT2D eigenvalue weighted by Crippen LogP contribution is -2.30. The van der Waals surface area contributed by atoms with Crippen LogP contribution in [0.4, 0.5) is 0 Å². The molecule has 1 aromatic carbocycles. The van der Waals surface area contributed by atoms with Crippen LogP contribution in [0.2, 0.25) is 0 Å². The SMILES string of the molecule is O=C(COC(=O)c1cn(Cc2ccccc2)nc1-c1cccs1)NCCc1cccs1. The van der Waals surface area contributed by atoms with Crippen LogP contribution in [-0.4, -0.2) is 34.8 Å². The predicted octanol–water partition coefficient (Wildman–Crippen LogP) is 4.24. The van der Waals surface area contributed by atoms with Gasteiger partial charge in [0.25, 0.3) is 5.91 Å². The normalized spacial score (nSPS) is 10.7. The highest BCUT2D eigenvalue weighted by molar-refractivity contribution is 7.13. The van der Waals surface area contributed by atoms with E-state index >= 15 is 0 Å². The van der Waals surface area contributed by atoms with E-state index in [2.05, 4.69) is 10.4 Å². The highest BCUT2D eigenvalue weighted by Gasteiger charge is 2.21. The third kappa shape index (κ3) is 5.68. The van der Waals surface area contributed by atoms with Crippen molar-refractivity contribution in [2.24, 2.45) is 0 Å². The molecule has 0 unspecified atom stereocenters. The number of benzene rings is 1. The van der Waals surface area contributed by atoms with Crippen LogP contribution in [0, 0.1) is 0 Å². The molecule has 0 bridgehead atoms. The smallest absolute Gasteiger partial charge is 0.342 e. The van der Waals surface area contributed by atoms with Gasteiger partial charge in [-0.25, -0.2) is 4.79 Å². The highest BCUT2D eigenvalue weighted by atomic mass is 32.1. The maximum atomic E-state index is 12.7. The number of nitrogens with zero attached hydrogens (tertiary/aromatic N) is 2. The number of carbonyl (C=O) groups excluding carboxylic acids is 2. The topological polar surface area (TPSA) is 73.2 Å². The summed E-state index contributed by atoms with van der Waals surface area (Å²) in [4.78, 5) is 26.9. The number of aromatic nitrogens is 2. The quantitative estimate of drug-likeness (QED) is 0.387. The average molecular weight is 452 g/mol. The van der Waals surface area contributed by atoms with E-state index in [1.807, 2.05) is 65.4 Å². The Bertz CT molecular complexity index is 1120. The van der Waals surface area contributed by atoms with Gasteiger partial charge in [0.15, 0.2) is 6.61 Å². The molecule has 0 saturated carbocycles. The number of hydrogen-bond acceptors (Lipinski definition) is 6. The number of amides is 1. The first-order chi connectivity index (χ1) is 15.2. The summed E-state index contributed by atoms with van der Waals surface area (Å²) in [6, 6.07) is 17.7. The minimum absolute atomic E-state index is 0.320. The second-order valence-corrected chi connectivity index (χ2v) is 8.79. The summed E-state index contributed by atoms with van der Waals surface area (Å²) < 4.78 is 7.01. The Balaban J connectivity index is 1.39. The first-order valence-corrected chi connectivity index (χ1v) is 11.6. The number of esters is 1. The van der Waals surface area contributed by atoms with Crippen molar-refractivity contribution in [1.29, 1.82) is 0 Å². The number of nitrogens with one attached hydrogen (secondary N) is 1. The largest absolute Gasteiger partial charge is 0.452 e. The van der Waals surface area contributed by atoms with Crippen molar-refractivity contribution in [3.8, 4) is 10.6 Å². The van der Waals surface area contributed by atoms with Crippen molar-refractivity contribution < 1.29 is 14.3 Å². The highest BCUT2D eigenvalue weighted by Crippen LogP contribution is 2.27. The van der Waals surface area contributed by atoms with Gasteiger partial charge in [-0.05, 0) is 34.9 Å². The molecule has 0 radical (unpaired) electrons. The minimum Gasteiger partial charge on any atom is -0.452 e. The molecule has 31 heavy (non-hydrogen) atoms. The number of ether oxygens (including phenoxy) is 1. The molecular formula is C23H21N3O3S2. The molecule has 8 heteroatoms. The van der Waals surface area contributed by atoms with Crippen molar-refractivity contribution in [3.05, 3.63) is 87.6 Å². The van der Waals surface area contributed by atoms with Gasteiger partial charge in [-0.15, -0.1) is 22.7 Å². The van der Waals surface area contributed by atoms with Crippen LogP contribution in [0.25, 0.3) is 10.6 Å². The summed E-state index contributed by atoms with van der Waals surface area (Å²) in [6.07, 6.45) is 2.44. The number of rotatable bonds is 9. The first-order valence-electron chi connectivity index (χ1n) is 9.80. The summed E-state index contributed by atoms with van der Waals surface area (Å²) in [5, 5.41) is 11.3. The Morgan fingerprint density at radius 3 is 2.55 bits per heavy atom. The summed E-state index contributed by atoms with van der Waals surface area (Å²) in [6.45, 7) is 0.721. The molecule has 0 aliphatic heterocycles. The van der Waals surface area contributed by atoms with Gasteiger partial charge in [0.05, 0.1) is 11.4 Å². The minimum atomic E-state index is -0.559. The third-order valence-electron chi connectivity index (χ3n) is 4.53. The summed E-state index contributed by atoms with van der Waals surface area (Å²) >= 11 is 3.15. The summed E-state index contributed by atoms with van der Waals surface area (Å²) in [7, 11) is 0. The lowest BCUT2D eigenvalue weighted by Gasteiger charge is -2.06. The molecule has 1 amide bonds. The van der Waals surface area contributed by atoms with Crippen LogP contribution in [0.5, 0.6) is 0 Å². The van der Waals surface area contributed by atoms with Crippen molar-refractivity contribution >= 4 is 34.6 Å². The third-order valence-corrected chi connectivity index (χ3v) is 6.34. The van der Waals surface area contributed by atoms with E-state index < -0.39 is 5.97 Å². The zero-order valence-electron chi connectivity index (χ0n) is 16.7. The first kappa shape index (κ1) is 21.0. The molecule has 0 aliphatic rings. The lowest BCUT2D eigenvalue weighted by atomic mass is 10.2. The fourth-order valence-electron chi connectivity index (χ4n) is 3.06. The standard InChI is InChI=1S/C23H21N3O3S2/c27-21(24-11-10-18-8-4-12-30-18)16-29-23(28)19-15-26(14-17-6-2-1-3-7-17)25-22(19)20-9-5-13-31-20/h1-9,12-13,15H,10-11,14,16H2,(H,24,27). The Labute approximate surface area is 188 Å². The number of hydrogen-bond donors (Lipinski definition) is 1. The van der Waals surface area contributed by atoms with Gasteiger partial charge >= 0.3 is 5.97 Å². The molecule has 0 atom stereocenters. The van der Waals surface area contributed by atoms with E-state index in [-0.39, 0.29) is 12.5 Å². The Morgan fingerprint density at radius 2 is 1.81 bits per heavy atom. The summed E-state index contributed by atoms with van der Waals surface area (Å²) in [5.41, 5.74) is 1.99. The molecule has 4 aromatic rings. The van der Waals surface area contributed by atoms with Crippen LogP contribution < -0.4 is 5.32 Å². The second-order valence-electron chi connectivity index (χ2n) is 6.81. The van der Waals surface area contributed by atoms with E-state index in [9.17, 15) is 9.59 Å². The average Bonchev–Trinajstić information content (AvgIpc) is 3.54. The van der Waals surface area contributed by atoms with E-state index in [1.165, 1.54) is 16.2 Å². The fraction of sp³-hybridized carbons (Fsp3) is 0.174. The van der Waals surface area contributed by atoms with Crippen molar-refractivity contribution in [2.45, 2.75) is 13.0 Å². The van der Waals surface area contributed by atoms with Gasteiger partial charge in [-0.3, -0.25) is 9.48 Å². The monoisotopic (exact) mass is 451 g/mol. The van der Waals surface area contributed by atoms with E-state index in [0.29, 0.717) is 24.3 Å². The lowest BCUT2D eigenvalue weighted by molar-refractivity contribution is -0.124. The van der Waals surface area contributed by atoms with Gasteiger partial charge in [-0.2, -0.15) is 5.10 Å². The fourth-order valence-corrected chi connectivity index (χ4v) is 4.49. The van der Waals surface area contributed by atoms with E-state index in [4.69, 9.17) is 4.74 Å². The van der Waals surface area contributed by atoms with Crippen molar-refractivity contribution in [3.63, 3.8) is 0 Å². The number of carbonyl (C=O) groups is 2. The molecule has 0 fully saturated rings. The maximum absolute atomic E-state index is 12.7. The molecule has 3 heterocycles. The van der Waals surface area contributed by atoms with Gasteiger partial charge in [-0.1, -0.05) is 42.5 Å². The molecule has 0 spiro atoms. The predicted molar refractivity (Wildman–Crippen MR) is 122 cm³/mol. The Kier molecular flexibility index (Phi) is 6.91. The second kappa shape index (κ2) is 10.2. The molecule has 0 aliphatic carbocycles. The Morgan fingerprint density at radius 1 is 1.00 bits per heavy atom. The van der Waals surface area contributed by atoms with Crippen LogP contribution in [-0.2, 0) is 22.5 Å². The zero-order valence-corrected chi connectivity index (χ0v) is 18.3. The van der Waals surface area contributed by atoms with E-state index in [1.54, 1.807) is 22.2 Å². The number of thiophene rings is 2. The summed E-state index contributed by atoms with van der Waals surface area (Å²) in [5.74, 6) is -0.879. The van der Waals surface area contributed by atoms with Crippen LogP contribution in [0.15, 0.2) is 71.6 Å². The molecule has 1 N–H and O–H groups in total. The Hall–Kier alpha value is -3.23. The van der Waals surface area contributed by atoms with Crippen LogP contribution in [0.3, 0.4) is 0 Å².